The Morgan fingerprint density at radius 2 is 1.60 bits per heavy atom. The van der Waals surface area contributed by atoms with Gasteiger partial charge in [0.15, 0.2) is 0 Å². The number of benzene rings is 1. The molecule has 0 bridgehead atoms. The summed E-state index contributed by atoms with van der Waals surface area (Å²) in [7, 11) is 1.51. The van der Waals surface area contributed by atoms with Crippen molar-refractivity contribution in [3.05, 3.63) is 94.4 Å². The summed E-state index contributed by atoms with van der Waals surface area (Å²) in [5.74, 6) is 0. The molecule has 0 radical (unpaired) electrons. The quantitative estimate of drug-likeness (QED) is 0.561. The zero-order valence-corrected chi connectivity index (χ0v) is 13.8. The molecule has 0 amide bonds. The number of fused-ring (bicyclic) bond motifs is 3. The Morgan fingerprint density at radius 1 is 0.880 bits per heavy atom. The van der Waals surface area contributed by atoms with E-state index in [1.165, 1.54) is 11.8 Å². The van der Waals surface area contributed by atoms with Crippen molar-refractivity contribution in [2.75, 3.05) is 7.11 Å². The SMILES string of the molecule is COn1c(C=Cc2ccccc2)cc2cc3cccccc-3c2c1=O. The van der Waals surface area contributed by atoms with E-state index in [0.29, 0.717) is 11.1 Å². The number of hydrogen-bond donors (Lipinski definition) is 0. The Morgan fingerprint density at radius 3 is 2.36 bits per heavy atom. The molecule has 1 aromatic carbocycles. The van der Waals surface area contributed by atoms with Crippen LogP contribution in [0.4, 0.5) is 0 Å². The van der Waals surface area contributed by atoms with Gasteiger partial charge in [0, 0.05) is 0 Å². The van der Waals surface area contributed by atoms with Crippen LogP contribution in [0.2, 0.25) is 0 Å². The van der Waals surface area contributed by atoms with Gasteiger partial charge in [-0.25, -0.2) is 0 Å². The van der Waals surface area contributed by atoms with Crippen molar-refractivity contribution in [3.8, 4) is 11.1 Å². The van der Waals surface area contributed by atoms with Gasteiger partial charge >= 0.3 is 0 Å². The standard InChI is InChI=1S/C22H17NO2/c1-25-23-19(13-12-16-8-4-2-5-9-16)15-18-14-17-10-6-3-7-11-20(17)21(18)22(23)24/h2-15H,1H3. The summed E-state index contributed by atoms with van der Waals surface area (Å²) < 4.78 is 1.34. The fourth-order valence-corrected chi connectivity index (χ4v) is 3.15. The van der Waals surface area contributed by atoms with Gasteiger partial charge in [0.2, 0.25) is 0 Å². The van der Waals surface area contributed by atoms with Gasteiger partial charge in [-0.1, -0.05) is 66.7 Å². The predicted molar refractivity (Wildman–Crippen MR) is 103 cm³/mol. The summed E-state index contributed by atoms with van der Waals surface area (Å²) >= 11 is 0. The van der Waals surface area contributed by atoms with Crippen molar-refractivity contribution in [1.29, 1.82) is 0 Å². The third kappa shape index (κ3) is 2.70. The molecule has 0 unspecified atom stereocenters. The lowest BCUT2D eigenvalue weighted by molar-refractivity contribution is 0.157. The fraction of sp³-hybridized carbons (Fsp3) is 0.0455. The molecule has 1 heterocycles. The van der Waals surface area contributed by atoms with Crippen LogP contribution < -0.4 is 10.4 Å². The fourth-order valence-electron chi connectivity index (χ4n) is 3.15. The number of nitrogens with zero attached hydrogens (tertiary/aromatic N) is 1. The summed E-state index contributed by atoms with van der Waals surface area (Å²) in [6.45, 7) is 0. The van der Waals surface area contributed by atoms with Gasteiger partial charge < -0.3 is 4.84 Å². The molecule has 2 aromatic rings. The summed E-state index contributed by atoms with van der Waals surface area (Å²) in [6, 6.07) is 23.9. The smallest absolute Gasteiger partial charge is 0.292 e. The Kier molecular flexibility index (Phi) is 3.82. The maximum Gasteiger partial charge on any atom is 0.292 e. The van der Waals surface area contributed by atoms with Crippen LogP contribution in [0.3, 0.4) is 0 Å². The maximum absolute atomic E-state index is 13.0. The molecule has 0 saturated carbocycles. The minimum absolute atomic E-state index is 0.145. The first-order valence-corrected chi connectivity index (χ1v) is 8.13. The van der Waals surface area contributed by atoms with Crippen molar-refractivity contribution >= 4 is 22.9 Å². The number of rotatable bonds is 3. The molecule has 0 N–H and O–H groups in total. The first-order chi connectivity index (χ1) is 12.3. The van der Waals surface area contributed by atoms with Crippen molar-refractivity contribution in [2.45, 2.75) is 0 Å². The summed E-state index contributed by atoms with van der Waals surface area (Å²) in [4.78, 5) is 18.3. The Hall–Kier alpha value is -3.33. The average Bonchev–Trinajstić information content (AvgIpc) is 2.82. The lowest BCUT2D eigenvalue weighted by Gasteiger charge is -2.08. The van der Waals surface area contributed by atoms with Gasteiger partial charge in [0.25, 0.3) is 5.56 Å². The molecule has 0 aliphatic heterocycles. The van der Waals surface area contributed by atoms with E-state index in [2.05, 4.69) is 0 Å². The minimum atomic E-state index is -0.145. The van der Waals surface area contributed by atoms with E-state index in [9.17, 15) is 4.79 Å². The van der Waals surface area contributed by atoms with E-state index in [1.54, 1.807) is 0 Å². The van der Waals surface area contributed by atoms with Crippen LogP contribution in [0.25, 0.3) is 34.1 Å². The van der Waals surface area contributed by atoms with Crippen LogP contribution in [0.15, 0.2) is 77.6 Å². The van der Waals surface area contributed by atoms with Gasteiger partial charge in [0.05, 0.1) is 11.1 Å². The molecule has 1 aromatic heterocycles. The van der Waals surface area contributed by atoms with E-state index in [1.807, 2.05) is 84.9 Å². The van der Waals surface area contributed by atoms with Gasteiger partial charge in [-0.2, -0.15) is 0 Å². The average molecular weight is 327 g/mol. The van der Waals surface area contributed by atoms with Crippen molar-refractivity contribution in [1.82, 2.24) is 4.73 Å². The zero-order chi connectivity index (χ0) is 17.2. The molecule has 0 atom stereocenters. The normalized spacial score (nSPS) is 11.4. The van der Waals surface area contributed by atoms with Gasteiger partial charge in [-0.05, 0) is 40.3 Å². The first-order valence-electron chi connectivity index (χ1n) is 8.13. The van der Waals surface area contributed by atoms with Crippen LogP contribution >= 0.6 is 0 Å². The highest BCUT2D eigenvalue weighted by atomic mass is 16.6. The highest BCUT2D eigenvalue weighted by molar-refractivity contribution is 6.02. The van der Waals surface area contributed by atoms with Crippen LogP contribution in [0.5, 0.6) is 0 Å². The van der Waals surface area contributed by atoms with Crippen molar-refractivity contribution in [2.24, 2.45) is 0 Å². The summed E-state index contributed by atoms with van der Waals surface area (Å²) in [6.07, 6.45) is 3.87. The lowest BCUT2D eigenvalue weighted by atomic mass is 10.1. The topological polar surface area (TPSA) is 31.2 Å². The molecular formula is C22H17NO2. The molecule has 3 heteroatoms. The minimum Gasteiger partial charge on any atom is -0.413 e. The highest BCUT2D eigenvalue weighted by Crippen LogP contribution is 2.31. The van der Waals surface area contributed by atoms with E-state index in [4.69, 9.17) is 4.84 Å². The van der Waals surface area contributed by atoms with Crippen molar-refractivity contribution < 1.29 is 4.84 Å². The molecule has 122 valence electrons. The first kappa shape index (κ1) is 15.2. The van der Waals surface area contributed by atoms with E-state index in [0.717, 1.165) is 22.1 Å². The number of hydrogen-bond acceptors (Lipinski definition) is 2. The Balaban J connectivity index is 1.94. The number of aromatic nitrogens is 1. The molecule has 25 heavy (non-hydrogen) atoms. The second-order valence-electron chi connectivity index (χ2n) is 5.85. The molecule has 0 fully saturated rings. The molecular weight excluding hydrogens is 310 g/mol. The van der Waals surface area contributed by atoms with Crippen LogP contribution in [0, 0.1) is 0 Å². The largest absolute Gasteiger partial charge is 0.413 e. The Bertz CT molecular complexity index is 1090. The van der Waals surface area contributed by atoms with Gasteiger partial charge in [-0.3, -0.25) is 4.79 Å². The third-order valence-corrected chi connectivity index (χ3v) is 4.31. The van der Waals surface area contributed by atoms with Crippen LogP contribution in [0.1, 0.15) is 11.3 Å². The predicted octanol–water partition coefficient (Wildman–Crippen LogP) is 4.34. The second kappa shape index (κ2) is 6.29. The summed E-state index contributed by atoms with van der Waals surface area (Å²) in [5, 5.41) is 1.61. The number of pyridine rings is 1. The van der Waals surface area contributed by atoms with Crippen LogP contribution in [-0.2, 0) is 0 Å². The molecule has 0 saturated heterocycles. The van der Waals surface area contributed by atoms with Crippen LogP contribution in [-0.4, -0.2) is 11.8 Å². The van der Waals surface area contributed by atoms with E-state index in [-0.39, 0.29) is 5.56 Å². The second-order valence-corrected chi connectivity index (χ2v) is 5.85. The molecule has 2 aliphatic rings. The van der Waals surface area contributed by atoms with E-state index < -0.39 is 0 Å². The van der Waals surface area contributed by atoms with Gasteiger partial charge in [0.1, 0.15) is 7.11 Å². The van der Waals surface area contributed by atoms with E-state index >= 15 is 0 Å². The monoisotopic (exact) mass is 327 g/mol. The van der Waals surface area contributed by atoms with Crippen molar-refractivity contribution in [3.63, 3.8) is 0 Å². The maximum atomic E-state index is 13.0. The molecule has 2 aliphatic carbocycles. The molecule has 4 rings (SSSR count). The third-order valence-electron chi connectivity index (χ3n) is 4.31. The highest BCUT2D eigenvalue weighted by Gasteiger charge is 2.15. The zero-order valence-electron chi connectivity index (χ0n) is 13.8. The summed E-state index contributed by atoms with van der Waals surface area (Å²) in [5.41, 5.74) is 3.62. The molecule has 3 nitrogen and oxygen atoms in total. The lowest BCUT2D eigenvalue weighted by Crippen LogP contribution is -2.26. The molecule has 0 spiro atoms. The Labute approximate surface area is 145 Å². The van der Waals surface area contributed by atoms with Gasteiger partial charge in [-0.15, -0.1) is 4.73 Å².